The number of amides is 1. The smallest absolute Gasteiger partial charge is 0.349 e. The summed E-state index contributed by atoms with van der Waals surface area (Å²) in [5, 5.41) is 3.84. The van der Waals surface area contributed by atoms with E-state index in [4.69, 9.17) is 9.47 Å². The van der Waals surface area contributed by atoms with Crippen molar-refractivity contribution in [3.8, 4) is 16.3 Å². The van der Waals surface area contributed by atoms with Crippen molar-refractivity contribution in [2.45, 2.75) is 73.0 Å². The molecule has 3 aromatic rings. The second kappa shape index (κ2) is 11.7. The van der Waals surface area contributed by atoms with Gasteiger partial charge < -0.3 is 14.8 Å². The molecule has 1 N–H and O–H groups in total. The molecule has 192 valence electrons. The van der Waals surface area contributed by atoms with Crippen LogP contribution in [0, 0.1) is 13.8 Å². The molecule has 0 aliphatic carbocycles. The number of nitrogens with zero attached hydrogens (tertiary/aromatic N) is 1. The van der Waals surface area contributed by atoms with E-state index >= 15 is 0 Å². The van der Waals surface area contributed by atoms with Gasteiger partial charge in [-0.2, -0.15) is 0 Å². The van der Waals surface area contributed by atoms with Crippen molar-refractivity contribution >= 4 is 23.2 Å². The molecule has 1 heterocycles. The lowest BCUT2D eigenvalue weighted by Gasteiger charge is -2.25. The van der Waals surface area contributed by atoms with Gasteiger partial charge in [0.2, 0.25) is 0 Å². The molecule has 6 nitrogen and oxygen atoms in total. The van der Waals surface area contributed by atoms with Crippen LogP contribution in [0.2, 0.25) is 0 Å². The van der Waals surface area contributed by atoms with E-state index in [1.54, 1.807) is 13.8 Å². The average molecular weight is 509 g/mol. The van der Waals surface area contributed by atoms with E-state index in [-0.39, 0.29) is 5.91 Å². The Balaban J connectivity index is 1.64. The van der Waals surface area contributed by atoms with Crippen molar-refractivity contribution in [3.63, 3.8) is 0 Å². The van der Waals surface area contributed by atoms with Crippen LogP contribution in [0.25, 0.3) is 10.6 Å². The summed E-state index contributed by atoms with van der Waals surface area (Å²) in [6.07, 6.45) is 0.759. The quantitative estimate of drug-likeness (QED) is 0.313. The fourth-order valence-electron chi connectivity index (χ4n) is 3.62. The molecule has 7 heteroatoms. The van der Waals surface area contributed by atoms with Gasteiger partial charge in [0.25, 0.3) is 5.91 Å². The maximum Gasteiger partial charge on any atom is 0.349 e. The largest absolute Gasteiger partial charge is 0.476 e. The van der Waals surface area contributed by atoms with Crippen LogP contribution < -0.4 is 10.1 Å². The van der Waals surface area contributed by atoms with Gasteiger partial charge in [-0.05, 0) is 62.8 Å². The molecule has 0 saturated carbocycles. The van der Waals surface area contributed by atoms with Crippen molar-refractivity contribution < 1.29 is 19.1 Å². The Kier molecular flexibility index (Phi) is 8.90. The van der Waals surface area contributed by atoms with Crippen molar-refractivity contribution in [2.24, 2.45) is 0 Å². The Morgan fingerprint density at radius 2 is 1.78 bits per heavy atom. The second-order valence-corrected chi connectivity index (χ2v) is 10.7. The fraction of sp³-hybridized carbons (Fsp3) is 0.414. The number of carbonyl (C=O) groups excluding carboxylic acids is 2. The number of rotatable bonds is 10. The summed E-state index contributed by atoms with van der Waals surface area (Å²) in [4.78, 5) is 30.4. The van der Waals surface area contributed by atoms with Crippen molar-refractivity contribution in [1.29, 1.82) is 0 Å². The molecule has 0 aliphatic heterocycles. The number of ether oxygens (including phenoxy) is 2. The van der Waals surface area contributed by atoms with Gasteiger partial charge in [0, 0.05) is 12.1 Å². The van der Waals surface area contributed by atoms with Crippen LogP contribution in [0.3, 0.4) is 0 Å². The minimum absolute atomic E-state index is 0.146. The third kappa shape index (κ3) is 6.72. The highest BCUT2D eigenvalue weighted by Gasteiger charge is 2.32. The van der Waals surface area contributed by atoms with Crippen LogP contribution in [-0.2, 0) is 16.1 Å². The van der Waals surface area contributed by atoms with Crippen LogP contribution in [0.4, 0.5) is 0 Å². The van der Waals surface area contributed by atoms with Gasteiger partial charge in [-0.15, -0.1) is 11.3 Å². The Morgan fingerprint density at radius 3 is 2.39 bits per heavy atom. The number of nitrogens with one attached hydrogen (secondary N) is 1. The Hall–Kier alpha value is -3.19. The standard InChI is InChI=1S/C29H36N2O4S/c1-8-15-34-28(33)29(6,7)35-24-14-9-21(16-19(24)4)17-30-26(32)25-20(5)31-27(36-25)23-12-10-22(11-13-23)18(2)3/h9-14,16,18H,8,15,17H2,1-7H3,(H,30,32). The molecule has 0 bridgehead atoms. The van der Waals surface area contributed by atoms with E-state index in [0.29, 0.717) is 29.7 Å². The monoisotopic (exact) mass is 508 g/mol. The first-order valence-corrected chi connectivity index (χ1v) is 13.1. The third-order valence-electron chi connectivity index (χ3n) is 5.81. The molecule has 0 radical (unpaired) electrons. The van der Waals surface area contributed by atoms with E-state index in [1.165, 1.54) is 16.9 Å². The minimum Gasteiger partial charge on any atom is -0.476 e. The lowest BCUT2D eigenvalue weighted by Crippen LogP contribution is -2.40. The number of thiazole rings is 1. The molecule has 1 aromatic heterocycles. The van der Waals surface area contributed by atoms with Gasteiger partial charge in [0.1, 0.15) is 15.6 Å². The lowest BCUT2D eigenvalue weighted by atomic mass is 10.0. The summed E-state index contributed by atoms with van der Waals surface area (Å²) in [5.74, 6) is 0.537. The normalized spacial score (nSPS) is 11.4. The van der Waals surface area contributed by atoms with E-state index in [0.717, 1.165) is 33.8 Å². The van der Waals surface area contributed by atoms with Crippen LogP contribution >= 0.6 is 11.3 Å². The topological polar surface area (TPSA) is 77.5 Å². The molecule has 0 atom stereocenters. The van der Waals surface area contributed by atoms with E-state index in [1.807, 2.05) is 39.0 Å². The summed E-state index contributed by atoms with van der Waals surface area (Å²) < 4.78 is 11.2. The zero-order valence-electron chi connectivity index (χ0n) is 22.2. The number of aryl methyl sites for hydroxylation is 2. The first-order valence-electron chi connectivity index (χ1n) is 12.3. The molecule has 0 aliphatic rings. The molecular formula is C29H36N2O4S. The molecule has 2 aromatic carbocycles. The second-order valence-electron chi connectivity index (χ2n) is 9.74. The highest BCUT2D eigenvalue weighted by molar-refractivity contribution is 7.17. The van der Waals surface area contributed by atoms with Crippen LogP contribution in [0.1, 0.15) is 79.0 Å². The molecule has 0 fully saturated rings. The minimum atomic E-state index is -1.09. The van der Waals surface area contributed by atoms with Crippen molar-refractivity contribution in [1.82, 2.24) is 10.3 Å². The molecule has 0 spiro atoms. The SMILES string of the molecule is CCCOC(=O)C(C)(C)Oc1ccc(CNC(=O)c2sc(-c3ccc(C(C)C)cc3)nc2C)cc1C. The summed E-state index contributed by atoms with van der Waals surface area (Å²) in [6, 6.07) is 14.0. The fourth-order valence-corrected chi connectivity index (χ4v) is 4.61. The summed E-state index contributed by atoms with van der Waals surface area (Å²) in [7, 11) is 0. The zero-order valence-corrected chi connectivity index (χ0v) is 23.0. The highest BCUT2D eigenvalue weighted by Crippen LogP contribution is 2.29. The molecule has 0 unspecified atom stereocenters. The van der Waals surface area contributed by atoms with Crippen LogP contribution in [0.5, 0.6) is 5.75 Å². The van der Waals surface area contributed by atoms with Gasteiger partial charge in [0.05, 0.1) is 12.3 Å². The Bertz CT molecular complexity index is 1210. The van der Waals surface area contributed by atoms with Crippen LogP contribution in [-0.4, -0.2) is 29.1 Å². The third-order valence-corrected chi connectivity index (χ3v) is 7.02. The van der Waals surface area contributed by atoms with Gasteiger partial charge in [-0.25, -0.2) is 9.78 Å². The molecule has 3 rings (SSSR count). The average Bonchev–Trinajstić information content (AvgIpc) is 3.24. The van der Waals surface area contributed by atoms with Gasteiger partial charge in [0.15, 0.2) is 5.60 Å². The van der Waals surface area contributed by atoms with Gasteiger partial charge in [-0.3, -0.25) is 4.79 Å². The van der Waals surface area contributed by atoms with Gasteiger partial charge >= 0.3 is 5.97 Å². The first kappa shape index (κ1) is 27.4. The Labute approximate surface area is 218 Å². The predicted molar refractivity (Wildman–Crippen MR) is 145 cm³/mol. The van der Waals surface area contributed by atoms with Crippen LogP contribution in [0.15, 0.2) is 42.5 Å². The van der Waals surface area contributed by atoms with E-state index in [2.05, 4.69) is 48.4 Å². The number of hydrogen-bond donors (Lipinski definition) is 1. The summed E-state index contributed by atoms with van der Waals surface area (Å²) >= 11 is 1.40. The van der Waals surface area contributed by atoms with E-state index < -0.39 is 11.6 Å². The maximum absolute atomic E-state index is 12.9. The van der Waals surface area contributed by atoms with E-state index in [9.17, 15) is 9.59 Å². The number of benzene rings is 2. The molecule has 36 heavy (non-hydrogen) atoms. The number of esters is 1. The zero-order chi connectivity index (χ0) is 26.5. The summed E-state index contributed by atoms with van der Waals surface area (Å²) in [6.45, 7) is 14.2. The lowest BCUT2D eigenvalue weighted by molar-refractivity contribution is -0.159. The predicted octanol–water partition coefficient (Wildman–Crippen LogP) is 6.59. The molecule has 1 amide bonds. The Morgan fingerprint density at radius 1 is 1.08 bits per heavy atom. The van der Waals surface area contributed by atoms with Gasteiger partial charge in [-0.1, -0.05) is 57.2 Å². The number of carbonyl (C=O) groups is 2. The number of hydrogen-bond acceptors (Lipinski definition) is 6. The van der Waals surface area contributed by atoms with Crippen molar-refractivity contribution in [2.75, 3.05) is 6.61 Å². The molecule has 0 saturated heterocycles. The van der Waals surface area contributed by atoms with Crippen molar-refractivity contribution in [3.05, 3.63) is 69.7 Å². The maximum atomic E-state index is 12.9. The number of aromatic nitrogens is 1. The highest BCUT2D eigenvalue weighted by atomic mass is 32.1. The molecular weight excluding hydrogens is 472 g/mol. The first-order chi connectivity index (χ1) is 17.0. The summed E-state index contributed by atoms with van der Waals surface area (Å²) in [5.41, 5.74) is 3.73.